The molecule has 1 heterocycles. The first kappa shape index (κ1) is 18.6. The zero-order valence-corrected chi connectivity index (χ0v) is 15.0. The van der Waals surface area contributed by atoms with E-state index < -0.39 is 0 Å². The lowest BCUT2D eigenvalue weighted by Crippen LogP contribution is -2.49. The van der Waals surface area contributed by atoms with Gasteiger partial charge in [-0.05, 0) is 56.2 Å². The molecule has 0 saturated carbocycles. The van der Waals surface area contributed by atoms with Gasteiger partial charge in [0.1, 0.15) is 0 Å². The van der Waals surface area contributed by atoms with Crippen LogP contribution in [0.3, 0.4) is 0 Å². The van der Waals surface area contributed by atoms with Gasteiger partial charge in [0.25, 0.3) is 0 Å². The van der Waals surface area contributed by atoms with Crippen molar-refractivity contribution >= 4 is 11.7 Å². The van der Waals surface area contributed by atoms with E-state index in [9.17, 15) is 4.79 Å². The number of urea groups is 1. The van der Waals surface area contributed by atoms with E-state index in [0.29, 0.717) is 13.0 Å². The number of aliphatic hydroxyl groups is 1. The molecule has 0 radical (unpaired) electrons. The summed E-state index contributed by atoms with van der Waals surface area (Å²) in [6.07, 6.45) is 5.81. The van der Waals surface area contributed by atoms with E-state index in [2.05, 4.69) is 34.5 Å². The Balaban J connectivity index is 1.72. The smallest absolute Gasteiger partial charge is 0.317 e. The Morgan fingerprint density at radius 1 is 1.29 bits per heavy atom. The summed E-state index contributed by atoms with van der Waals surface area (Å²) in [5.74, 6) is 0. The second kappa shape index (κ2) is 9.52. The highest BCUT2D eigenvalue weighted by Crippen LogP contribution is 2.19. The van der Waals surface area contributed by atoms with Crippen LogP contribution < -0.4 is 10.2 Å². The van der Waals surface area contributed by atoms with Gasteiger partial charge in [0.15, 0.2) is 0 Å². The Bertz CT molecular complexity index is 500. The molecule has 0 aliphatic carbocycles. The lowest BCUT2D eigenvalue weighted by Gasteiger charge is -2.35. The number of rotatable bonds is 7. The molecule has 1 aliphatic rings. The predicted octanol–water partition coefficient (Wildman–Crippen LogP) is 2.63. The molecule has 24 heavy (non-hydrogen) atoms. The van der Waals surface area contributed by atoms with Crippen LogP contribution in [-0.2, 0) is 6.42 Å². The maximum Gasteiger partial charge on any atom is 0.317 e. The fourth-order valence-corrected chi connectivity index (χ4v) is 3.27. The van der Waals surface area contributed by atoms with E-state index in [0.717, 1.165) is 38.6 Å². The van der Waals surface area contributed by atoms with Crippen molar-refractivity contribution in [2.24, 2.45) is 0 Å². The van der Waals surface area contributed by atoms with Crippen LogP contribution in [0.2, 0.25) is 0 Å². The predicted molar refractivity (Wildman–Crippen MR) is 98.5 cm³/mol. The second-order valence-corrected chi connectivity index (χ2v) is 6.75. The van der Waals surface area contributed by atoms with Crippen molar-refractivity contribution in [1.82, 2.24) is 10.2 Å². The lowest BCUT2D eigenvalue weighted by molar-refractivity contribution is 0.132. The van der Waals surface area contributed by atoms with Gasteiger partial charge < -0.3 is 20.2 Å². The van der Waals surface area contributed by atoms with Gasteiger partial charge in [0.2, 0.25) is 0 Å². The van der Waals surface area contributed by atoms with Crippen LogP contribution in [0.5, 0.6) is 0 Å². The summed E-state index contributed by atoms with van der Waals surface area (Å²) in [6.45, 7) is 1.65. The minimum atomic E-state index is 0.0242. The van der Waals surface area contributed by atoms with Crippen molar-refractivity contribution in [3.63, 3.8) is 0 Å². The number of amides is 2. The zero-order chi connectivity index (χ0) is 17.4. The van der Waals surface area contributed by atoms with Gasteiger partial charge in [-0.15, -0.1) is 0 Å². The molecule has 134 valence electrons. The Hall–Kier alpha value is -1.75. The Morgan fingerprint density at radius 2 is 2.04 bits per heavy atom. The van der Waals surface area contributed by atoms with Crippen molar-refractivity contribution < 1.29 is 9.90 Å². The van der Waals surface area contributed by atoms with Crippen LogP contribution in [0.1, 0.15) is 37.7 Å². The topological polar surface area (TPSA) is 55.8 Å². The molecule has 1 atom stereocenters. The molecular formula is C19H31N3O2. The molecule has 1 aromatic rings. The molecule has 0 spiro atoms. The van der Waals surface area contributed by atoms with Crippen LogP contribution in [0.25, 0.3) is 0 Å². The zero-order valence-electron chi connectivity index (χ0n) is 15.0. The maximum atomic E-state index is 12.3. The van der Waals surface area contributed by atoms with Gasteiger partial charge in [0, 0.05) is 45.5 Å². The molecule has 2 N–H and O–H groups in total. The first-order valence-electron chi connectivity index (χ1n) is 9.03. The van der Waals surface area contributed by atoms with E-state index >= 15 is 0 Å². The lowest BCUT2D eigenvalue weighted by atomic mass is 10.0. The Kier molecular flexibility index (Phi) is 7.37. The van der Waals surface area contributed by atoms with Crippen molar-refractivity contribution in [3.8, 4) is 0 Å². The molecule has 1 aliphatic heterocycles. The quantitative estimate of drug-likeness (QED) is 0.754. The molecule has 0 aromatic heterocycles. The van der Waals surface area contributed by atoms with Crippen LogP contribution in [0, 0.1) is 0 Å². The third kappa shape index (κ3) is 5.41. The van der Waals surface area contributed by atoms with Crippen LogP contribution >= 0.6 is 0 Å². The Morgan fingerprint density at radius 3 is 2.71 bits per heavy atom. The first-order valence-corrected chi connectivity index (χ1v) is 9.03. The summed E-state index contributed by atoms with van der Waals surface area (Å²) in [5.41, 5.74) is 2.50. The molecule has 1 saturated heterocycles. The van der Waals surface area contributed by atoms with Gasteiger partial charge in [-0.3, -0.25) is 0 Å². The summed E-state index contributed by atoms with van der Waals surface area (Å²) in [7, 11) is 4.07. The van der Waals surface area contributed by atoms with Crippen LogP contribution in [-0.4, -0.2) is 55.9 Å². The number of nitrogens with one attached hydrogen (secondary N) is 1. The molecular weight excluding hydrogens is 302 g/mol. The fourth-order valence-electron chi connectivity index (χ4n) is 3.27. The van der Waals surface area contributed by atoms with Crippen molar-refractivity contribution in [2.45, 2.75) is 44.6 Å². The maximum absolute atomic E-state index is 12.3. The van der Waals surface area contributed by atoms with Gasteiger partial charge in [-0.1, -0.05) is 12.1 Å². The third-order valence-corrected chi connectivity index (χ3v) is 4.72. The molecule has 2 amide bonds. The minimum absolute atomic E-state index is 0.0242. The van der Waals surface area contributed by atoms with E-state index in [1.165, 1.54) is 11.3 Å². The number of hydrogen-bond donors (Lipinski definition) is 2. The van der Waals surface area contributed by atoms with E-state index in [-0.39, 0.29) is 18.7 Å². The number of anilines is 1. The van der Waals surface area contributed by atoms with Gasteiger partial charge in [-0.2, -0.15) is 0 Å². The van der Waals surface area contributed by atoms with Crippen molar-refractivity contribution in [1.29, 1.82) is 0 Å². The van der Waals surface area contributed by atoms with E-state index in [1.54, 1.807) is 0 Å². The van der Waals surface area contributed by atoms with E-state index in [4.69, 9.17) is 5.11 Å². The molecule has 2 rings (SSSR count). The number of carbonyl (C=O) groups is 1. The highest BCUT2D eigenvalue weighted by molar-refractivity contribution is 5.74. The standard InChI is InChI=1S/C19H31N3O2/c1-21(2)17-10-8-16(9-11-17)6-5-13-20-19(24)22-14-4-3-7-18(22)12-15-23/h8-11,18,23H,3-7,12-15H2,1-2H3,(H,20,24). The minimum Gasteiger partial charge on any atom is -0.396 e. The van der Waals surface area contributed by atoms with Gasteiger partial charge in [0.05, 0.1) is 0 Å². The largest absolute Gasteiger partial charge is 0.396 e. The number of carbonyl (C=O) groups excluding carboxylic acids is 1. The molecule has 1 aromatic carbocycles. The second-order valence-electron chi connectivity index (χ2n) is 6.75. The van der Waals surface area contributed by atoms with Crippen molar-refractivity contribution in [3.05, 3.63) is 29.8 Å². The summed E-state index contributed by atoms with van der Waals surface area (Å²) in [5, 5.41) is 12.2. The molecule has 5 nitrogen and oxygen atoms in total. The average Bonchev–Trinajstić information content (AvgIpc) is 2.59. The Labute approximate surface area is 145 Å². The molecule has 5 heteroatoms. The summed E-state index contributed by atoms with van der Waals surface area (Å²) in [4.78, 5) is 16.3. The first-order chi connectivity index (χ1) is 11.6. The SMILES string of the molecule is CN(C)c1ccc(CCCNC(=O)N2CCCCC2CCO)cc1. The number of nitrogens with zero attached hydrogens (tertiary/aromatic N) is 2. The number of benzene rings is 1. The molecule has 0 bridgehead atoms. The number of aliphatic hydroxyl groups excluding tert-OH is 1. The summed E-state index contributed by atoms with van der Waals surface area (Å²) < 4.78 is 0. The monoisotopic (exact) mass is 333 g/mol. The molecule has 1 unspecified atom stereocenters. The highest BCUT2D eigenvalue weighted by atomic mass is 16.3. The van der Waals surface area contributed by atoms with Crippen molar-refractivity contribution in [2.75, 3.05) is 38.7 Å². The number of aryl methyl sites for hydroxylation is 1. The normalized spacial score (nSPS) is 17.6. The number of piperidine rings is 1. The number of likely N-dealkylation sites (tertiary alicyclic amines) is 1. The summed E-state index contributed by atoms with van der Waals surface area (Å²) in [6, 6.07) is 8.78. The third-order valence-electron chi connectivity index (χ3n) is 4.72. The highest BCUT2D eigenvalue weighted by Gasteiger charge is 2.25. The molecule has 1 fully saturated rings. The van der Waals surface area contributed by atoms with Gasteiger partial charge >= 0.3 is 6.03 Å². The summed E-state index contributed by atoms with van der Waals surface area (Å²) >= 11 is 0. The van der Waals surface area contributed by atoms with Gasteiger partial charge in [-0.25, -0.2) is 4.79 Å². The average molecular weight is 333 g/mol. The van der Waals surface area contributed by atoms with Crippen LogP contribution in [0.4, 0.5) is 10.5 Å². The fraction of sp³-hybridized carbons (Fsp3) is 0.632. The van der Waals surface area contributed by atoms with E-state index in [1.807, 2.05) is 19.0 Å². The number of hydrogen-bond acceptors (Lipinski definition) is 3. The van der Waals surface area contributed by atoms with Crippen LogP contribution in [0.15, 0.2) is 24.3 Å².